The van der Waals surface area contributed by atoms with Gasteiger partial charge in [-0.2, -0.15) is 0 Å². The molecule has 0 unspecified atom stereocenters. The lowest BCUT2D eigenvalue weighted by atomic mass is 10.1. The Kier molecular flexibility index (Phi) is 6.17. The molecular formula is C25H21FN2O4. The van der Waals surface area contributed by atoms with Crippen molar-refractivity contribution in [1.82, 2.24) is 5.32 Å². The lowest BCUT2D eigenvalue weighted by Crippen LogP contribution is -2.44. The van der Waals surface area contributed by atoms with Gasteiger partial charge in [-0.15, -0.1) is 0 Å². The second-order valence-electron chi connectivity index (χ2n) is 7.15. The minimum Gasteiger partial charge on any atom is -0.497 e. The van der Waals surface area contributed by atoms with Gasteiger partial charge in [-0.05, 0) is 53.6 Å². The fourth-order valence-electron chi connectivity index (χ4n) is 3.27. The number of hydrogen-bond acceptors (Lipinski definition) is 4. The van der Waals surface area contributed by atoms with Crippen LogP contribution in [0.5, 0.6) is 11.5 Å². The number of methoxy groups -OCH3 is 1. The largest absolute Gasteiger partial charge is 0.497 e. The van der Waals surface area contributed by atoms with E-state index in [2.05, 4.69) is 5.32 Å². The van der Waals surface area contributed by atoms with Crippen LogP contribution in [0.15, 0.2) is 78.6 Å². The molecule has 0 aliphatic carbocycles. The highest BCUT2D eigenvalue weighted by Gasteiger charge is 2.31. The first-order chi connectivity index (χ1) is 15.5. The Balaban J connectivity index is 1.51. The van der Waals surface area contributed by atoms with Gasteiger partial charge in [0.1, 0.15) is 18.1 Å². The average Bonchev–Trinajstić information content (AvgIpc) is 2.82. The molecular weight excluding hydrogens is 411 g/mol. The van der Waals surface area contributed by atoms with Crippen LogP contribution in [0.1, 0.15) is 11.1 Å². The zero-order chi connectivity index (χ0) is 22.5. The molecule has 3 aromatic rings. The highest BCUT2D eigenvalue weighted by molar-refractivity contribution is 6.12. The molecule has 0 saturated carbocycles. The minimum atomic E-state index is -0.451. The van der Waals surface area contributed by atoms with Crippen molar-refractivity contribution in [1.29, 1.82) is 0 Å². The van der Waals surface area contributed by atoms with Crippen molar-refractivity contribution in [3.8, 4) is 11.5 Å². The summed E-state index contributed by atoms with van der Waals surface area (Å²) in [7, 11) is 1.59. The van der Waals surface area contributed by atoms with E-state index in [4.69, 9.17) is 9.47 Å². The third-order valence-electron chi connectivity index (χ3n) is 4.95. The first-order valence-electron chi connectivity index (χ1n) is 9.99. The number of amides is 2. The lowest BCUT2D eigenvalue weighted by molar-refractivity contribution is -0.123. The Bertz CT molecular complexity index is 1160. The molecule has 1 aliphatic rings. The molecule has 1 heterocycles. The van der Waals surface area contributed by atoms with Crippen LogP contribution in [-0.2, 0) is 16.1 Å². The summed E-state index contributed by atoms with van der Waals surface area (Å²) in [6.45, 7) is 0.150. The monoisotopic (exact) mass is 432 g/mol. The summed E-state index contributed by atoms with van der Waals surface area (Å²) in [5.41, 5.74) is 2.02. The molecule has 0 bridgehead atoms. The van der Waals surface area contributed by atoms with E-state index in [0.29, 0.717) is 23.5 Å². The lowest BCUT2D eigenvalue weighted by Gasteiger charge is -2.30. The van der Waals surface area contributed by atoms with E-state index >= 15 is 0 Å². The molecule has 0 aromatic heterocycles. The highest BCUT2D eigenvalue weighted by atomic mass is 19.1. The number of anilines is 1. The van der Waals surface area contributed by atoms with Crippen LogP contribution >= 0.6 is 0 Å². The number of rotatable bonds is 6. The summed E-state index contributed by atoms with van der Waals surface area (Å²) in [6.07, 6.45) is 1.53. The second kappa shape index (κ2) is 9.34. The number of nitrogens with zero attached hydrogens (tertiary/aromatic N) is 1. The van der Waals surface area contributed by atoms with Crippen LogP contribution in [-0.4, -0.2) is 25.5 Å². The van der Waals surface area contributed by atoms with Gasteiger partial charge in [0.05, 0.1) is 12.8 Å². The number of benzene rings is 3. The highest BCUT2D eigenvalue weighted by Crippen LogP contribution is 2.35. The summed E-state index contributed by atoms with van der Waals surface area (Å²) in [5, 5.41) is 2.83. The fraction of sp³-hybridized carbons (Fsp3) is 0.120. The van der Waals surface area contributed by atoms with Crippen LogP contribution < -0.4 is 19.7 Å². The molecule has 0 saturated heterocycles. The molecule has 0 atom stereocenters. The third kappa shape index (κ3) is 4.78. The van der Waals surface area contributed by atoms with Gasteiger partial charge in [-0.25, -0.2) is 4.39 Å². The Morgan fingerprint density at radius 3 is 2.50 bits per heavy atom. The third-order valence-corrected chi connectivity index (χ3v) is 4.95. The van der Waals surface area contributed by atoms with Crippen molar-refractivity contribution in [2.24, 2.45) is 0 Å². The predicted octanol–water partition coefficient (Wildman–Crippen LogP) is 3.92. The number of carbonyl (C=O) groups excluding carboxylic acids is 2. The van der Waals surface area contributed by atoms with Crippen LogP contribution in [0, 0.1) is 5.82 Å². The quantitative estimate of drug-likeness (QED) is 0.600. The van der Waals surface area contributed by atoms with E-state index in [0.717, 1.165) is 11.3 Å². The van der Waals surface area contributed by atoms with Crippen LogP contribution in [0.3, 0.4) is 0 Å². The molecule has 0 radical (unpaired) electrons. The van der Waals surface area contributed by atoms with Gasteiger partial charge in [0.15, 0.2) is 11.5 Å². The summed E-state index contributed by atoms with van der Waals surface area (Å²) in [5.74, 6) is 0.112. The number of ether oxygens (including phenoxy) is 2. The van der Waals surface area contributed by atoms with Crippen molar-refractivity contribution >= 4 is 23.6 Å². The maximum absolute atomic E-state index is 13.2. The molecule has 2 amide bonds. The average molecular weight is 432 g/mol. The zero-order valence-electron chi connectivity index (χ0n) is 17.4. The topological polar surface area (TPSA) is 67.9 Å². The minimum absolute atomic E-state index is 0.0539. The Morgan fingerprint density at radius 2 is 1.78 bits per heavy atom. The molecule has 6 nitrogen and oxygen atoms in total. The van der Waals surface area contributed by atoms with Gasteiger partial charge in [-0.3, -0.25) is 14.5 Å². The number of para-hydroxylation sites is 2. The van der Waals surface area contributed by atoms with Gasteiger partial charge < -0.3 is 14.8 Å². The van der Waals surface area contributed by atoms with E-state index in [1.54, 1.807) is 43.5 Å². The summed E-state index contributed by atoms with van der Waals surface area (Å²) < 4.78 is 24.1. The maximum atomic E-state index is 13.2. The smallest absolute Gasteiger partial charge is 0.294 e. The van der Waals surface area contributed by atoms with Crippen LogP contribution in [0.25, 0.3) is 6.08 Å². The van der Waals surface area contributed by atoms with E-state index in [-0.39, 0.29) is 24.0 Å². The number of carbonyl (C=O) groups is 2. The molecule has 0 spiro atoms. The number of halogens is 1. The zero-order valence-corrected chi connectivity index (χ0v) is 17.4. The summed E-state index contributed by atoms with van der Waals surface area (Å²) >= 11 is 0. The van der Waals surface area contributed by atoms with Crippen molar-refractivity contribution in [2.75, 3.05) is 18.6 Å². The summed E-state index contributed by atoms with van der Waals surface area (Å²) in [4.78, 5) is 27.1. The Hall–Kier alpha value is -4.13. The molecule has 0 fully saturated rings. The van der Waals surface area contributed by atoms with Gasteiger partial charge in [0, 0.05) is 6.54 Å². The standard InChI is InChI=1S/C25H21FN2O4/c1-31-20-12-8-18(9-13-20)15-27-24(29)16-28-21-4-2-3-5-22(21)32-23(25(28)30)14-17-6-10-19(26)11-7-17/h2-14H,15-16H2,1H3,(H,27,29)/b23-14+. The van der Waals surface area contributed by atoms with E-state index in [9.17, 15) is 14.0 Å². The van der Waals surface area contributed by atoms with E-state index in [1.165, 1.54) is 23.1 Å². The first-order valence-corrected chi connectivity index (χ1v) is 9.99. The molecule has 32 heavy (non-hydrogen) atoms. The predicted molar refractivity (Wildman–Crippen MR) is 119 cm³/mol. The Morgan fingerprint density at radius 1 is 1.06 bits per heavy atom. The Labute approximate surface area is 184 Å². The molecule has 1 N–H and O–H groups in total. The maximum Gasteiger partial charge on any atom is 0.294 e. The number of nitrogens with one attached hydrogen (secondary N) is 1. The molecule has 7 heteroatoms. The number of fused-ring (bicyclic) bond motifs is 1. The first kappa shape index (κ1) is 21.1. The second-order valence-corrected chi connectivity index (χ2v) is 7.15. The van der Waals surface area contributed by atoms with Crippen molar-refractivity contribution in [3.05, 3.63) is 95.5 Å². The molecule has 162 valence electrons. The van der Waals surface area contributed by atoms with Crippen LogP contribution in [0.2, 0.25) is 0 Å². The van der Waals surface area contributed by atoms with Crippen molar-refractivity contribution in [3.63, 3.8) is 0 Å². The molecule has 1 aliphatic heterocycles. The molecule has 4 rings (SSSR count). The van der Waals surface area contributed by atoms with Crippen molar-refractivity contribution < 1.29 is 23.5 Å². The van der Waals surface area contributed by atoms with Crippen LogP contribution in [0.4, 0.5) is 10.1 Å². The van der Waals surface area contributed by atoms with Crippen molar-refractivity contribution in [2.45, 2.75) is 6.54 Å². The fourth-order valence-corrected chi connectivity index (χ4v) is 3.27. The normalized spacial score (nSPS) is 14.0. The summed E-state index contributed by atoms with van der Waals surface area (Å²) in [6, 6.07) is 20.0. The van der Waals surface area contributed by atoms with Gasteiger partial charge in [0.2, 0.25) is 5.91 Å². The van der Waals surface area contributed by atoms with Gasteiger partial charge >= 0.3 is 0 Å². The van der Waals surface area contributed by atoms with Gasteiger partial charge in [-0.1, -0.05) is 36.4 Å². The number of hydrogen-bond donors (Lipinski definition) is 1. The van der Waals surface area contributed by atoms with E-state index in [1.807, 2.05) is 24.3 Å². The SMILES string of the molecule is COc1ccc(CNC(=O)CN2C(=O)/C(=C\c3ccc(F)cc3)Oc3ccccc32)cc1. The van der Waals surface area contributed by atoms with Gasteiger partial charge in [0.25, 0.3) is 5.91 Å². The molecule has 3 aromatic carbocycles. The van der Waals surface area contributed by atoms with E-state index < -0.39 is 5.91 Å².